The van der Waals surface area contributed by atoms with Crippen LogP contribution in [0.15, 0.2) is 35.1 Å². The quantitative estimate of drug-likeness (QED) is 0.681. The number of aromatic nitrogens is 3. The first-order valence-electron chi connectivity index (χ1n) is 8.02. The van der Waals surface area contributed by atoms with E-state index in [2.05, 4.69) is 15.4 Å². The highest BCUT2D eigenvalue weighted by Gasteiger charge is 2.13. The van der Waals surface area contributed by atoms with Gasteiger partial charge < -0.3 is 9.47 Å². The molecule has 0 aliphatic carbocycles. The summed E-state index contributed by atoms with van der Waals surface area (Å²) in [5.41, 5.74) is 0.615. The second-order valence-corrected chi connectivity index (χ2v) is 6.34. The number of thiazole rings is 1. The number of anilines is 1. The van der Waals surface area contributed by atoms with Gasteiger partial charge >= 0.3 is 0 Å². The molecular weight excluding hydrogens is 356 g/mol. The zero-order chi connectivity index (χ0) is 18.5. The molecule has 1 aromatic carbocycles. The van der Waals surface area contributed by atoms with Gasteiger partial charge in [0.25, 0.3) is 11.5 Å². The number of carbonyl (C=O) groups excluding carboxylic acids is 1. The number of amides is 1. The zero-order valence-corrected chi connectivity index (χ0v) is 15.2. The summed E-state index contributed by atoms with van der Waals surface area (Å²) in [5, 5.41) is 7.24. The van der Waals surface area contributed by atoms with Crippen molar-refractivity contribution in [1.29, 1.82) is 0 Å². The maximum atomic E-state index is 12.4. The lowest BCUT2D eigenvalue weighted by Gasteiger charge is -2.06. The Morgan fingerprint density at radius 1 is 1.31 bits per heavy atom. The van der Waals surface area contributed by atoms with Crippen LogP contribution in [0.5, 0.6) is 5.75 Å². The maximum Gasteiger partial charge on any atom is 0.277 e. The first kappa shape index (κ1) is 18.0. The Balaban J connectivity index is 1.79. The van der Waals surface area contributed by atoms with Gasteiger partial charge in [-0.15, -0.1) is 0 Å². The highest BCUT2D eigenvalue weighted by molar-refractivity contribution is 7.22. The summed E-state index contributed by atoms with van der Waals surface area (Å²) in [5.74, 6) is 0.327. The molecule has 0 spiro atoms. The van der Waals surface area contributed by atoms with Crippen LogP contribution in [0.4, 0.5) is 5.13 Å². The summed E-state index contributed by atoms with van der Waals surface area (Å²) in [6, 6.07) is 8.27. The third-order valence-corrected chi connectivity index (χ3v) is 4.43. The fourth-order valence-corrected chi connectivity index (χ4v) is 3.17. The number of carbonyl (C=O) groups is 1. The third kappa shape index (κ3) is 4.06. The number of hydrogen-bond acceptors (Lipinski definition) is 7. The largest absolute Gasteiger partial charge is 0.494 e. The fraction of sp³-hybridized carbons (Fsp3) is 0.294. The summed E-state index contributed by atoms with van der Waals surface area (Å²) >= 11 is 1.34. The highest BCUT2D eigenvalue weighted by atomic mass is 32.1. The van der Waals surface area contributed by atoms with Crippen molar-refractivity contribution < 1.29 is 14.3 Å². The lowest BCUT2D eigenvalue weighted by molar-refractivity contribution is 0.101. The van der Waals surface area contributed by atoms with Crippen LogP contribution in [0.2, 0.25) is 0 Å². The highest BCUT2D eigenvalue weighted by Crippen LogP contribution is 2.29. The van der Waals surface area contributed by atoms with Gasteiger partial charge in [-0.05, 0) is 31.2 Å². The van der Waals surface area contributed by atoms with Crippen LogP contribution in [-0.4, -0.2) is 41.0 Å². The SMILES string of the molecule is CCOc1ccc2nc(NC(=O)c3ccc(=O)n(CCOC)n3)sc2c1. The molecule has 136 valence electrons. The molecule has 0 fully saturated rings. The molecular formula is C17H18N4O4S. The summed E-state index contributed by atoms with van der Waals surface area (Å²) < 4.78 is 12.5. The molecule has 0 saturated heterocycles. The van der Waals surface area contributed by atoms with Crippen molar-refractivity contribution >= 4 is 32.6 Å². The van der Waals surface area contributed by atoms with Crippen molar-refractivity contribution in [2.45, 2.75) is 13.5 Å². The zero-order valence-electron chi connectivity index (χ0n) is 14.4. The van der Waals surface area contributed by atoms with Crippen LogP contribution in [0.1, 0.15) is 17.4 Å². The minimum absolute atomic E-state index is 0.134. The van der Waals surface area contributed by atoms with E-state index in [0.29, 0.717) is 18.3 Å². The van der Waals surface area contributed by atoms with Gasteiger partial charge in [-0.25, -0.2) is 9.67 Å². The topological polar surface area (TPSA) is 95.3 Å². The van der Waals surface area contributed by atoms with Crippen molar-refractivity contribution in [3.8, 4) is 5.75 Å². The Bertz CT molecular complexity index is 982. The Morgan fingerprint density at radius 3 is 2.92 bits per heavy atom. The molecule has 0 aliphatic rings. The molecule has 0 atom stereocenters. The van der Waals surface area contributed by atoms with Crippen LogP contribution in [-0.2, 0) is 11.3 Å². The molecule has 9 heteroatoms. The van der Waals surface area contributed by atoms with Gasteiger partial charge in [0, 0.05) is 13.2 Å². The second kappa shape index (κ2) is 8.07. The van der Waals surface area contributed by atoms with Gasteiger partial charge in [-0.2, -0.15) is 5.10 Å². The summed E-state index contributed by atoms with van der Waals surface area (Å²) in [7, 11) is 1.53. The van der Waals surface area contributed by atoms with E-state index in [0.717, 1.165) is 16.0 Å². The van der Waals surface area contributed by atoms with Gasteiger partial charge in [-0.3, -0.25) is 14.9 Å². The van der Waals surface area contributed by atoms with E-state index in [-0.39, 0.29) is 17.8 Å². The second-order valence-electron chi connectivity index (χ2n) is 5.31. The molecule has 3 aromatic rings. The number of benzene rings is 1. The molecule has 1 N–H and O–H groups in total. The Hall–Kier alpha value is -2.78. The van der Waals surface area contributed by atoms with Crippen molar-refractivity contribution in [3.05, 3.63) is 46.4 Å². The summed E-state index contributed by atoms with van der Waals surface area (Å²) in [4.78, 5) is 28.6. The minimum atomic E-state index is -0.430. The molecule has 8 nitrogen and oxygen atoms in total. The average Bonchev–Trinajstić information content (AvgIpc) is 3.02. The molecule has 1 amide bonds. The van der Waals surface area contributed by atoms with Crippen LogP contribution < -0.4 is 15.6 Å². The smallest absolute Gasteiger partial charge is 0.277 e. The van der Waals surface area contributed by atoms with E-state index in [1.54, 1.807) is 0 Å². The number of fused-ring (bicyclic) bond motifs is 1. The van der Waals surface area contributed by atoms with Gasteiger partial charge in [-0.1, -0.05) is 11.3 Å². The predicted molar refractivity (Wildman–Crippen MR) is 99.1 cm³/mol. The molecule has 26 heavy (non-hydrogen) atoms. The van der Waals surface area contributed by atoms with Crippen molar-refractivity contribution in [2.24, 2.45) is 0 Å². The van der Waals surface area contributed by atoms with Gasteiger partial charge in [0.15, 0.2) is 5.13 Å². The lowest BCUT2D eigenvalue weighted by atomic mass is 10.3. The molecule has 3 rings (SSSR count). The monoisotopic (exact) mass is 374 g/mol. The first-order valence-corrected chi connectivity index (χ1v) is 8.84. The molecule has 2 aromatic heterocycles. The molecule has 2 heterocycles. The van der Waals surface area contributed by atoms with Crippen LogP contribution in [0.3, 0.4) is 0 Å². The minimum Gasteiger partial charge on any atom is -0.494 e. The van der Waals surface area contributed by atoms with Crippen molar-refractivity contribution in [1.82, 2.24) is 14.8 Å². The molecule has 0 unspecified atom stereocenters. The number of nitrogens with zero attached hydrogens (tertiary/aromatic N) is 3. The number of ether oxygens (including phenoxy) is 2. The van der Waals surface area contributed by atoms with E-state index in [4.69, 9.17) is 9.47 Å². The van der Waals surface area contributed by atoms with E-state index in [1.165, 1.54) is 35.3 Å². The van der Waals surface area contributed by atoms with Gasteiger partial charge in [0.1, 0.15) is 11.4 Å². The van der Waals surface area contributed by atoms with Crippen LogP contribution in [0.25, 0.3) is 10.2 Å². The van der Waals surface area contributed by atoms with Crippen LogP contribution in [0, 0.1) is 0 Å². The van der Waals surface area contributed by atoms with E-state index in [9.17, 15) is 9.59 Å². The van der Waals surface area contributed by atoms with E-state index >= 15 is 0 Å². The van der Waals surface area contributed by atoms with Gasteiger partial charge in [0.2, 0.25) is 0 Å². The summed E-state index contributed by atoms with van der Waals surface area (Å²) in [6.45, 7) is 3.11. The number of methoxy groups -OCH3 is 1. The predicted octanol–water partition coefficient (Wildman–Crippen LogP) is 2.15. The normalized spacial score (nSPS) is 10.8. The number of hydrogen-bond donors (Lipinski definition) is 1. The van der Waals surface area contributed by atoms with E-state index in [1.807, 2.05) is 25.1 Å². The maximum absolute atomic E-state index is 12.4. The molecule has 0 aliphatic heterocycles. The standard InChI is InChI=1S/C17H18N4O4S/c1-3-25-11-4-5-12-14(10-11)26-17(18-12)19-16(23)13-6-7-15(22)21(20-13)8-9-24-2/h4-7,10H,3,8-9H2,1-2H3,(H,18,19,23). The molecule has 0 radical (unpaired) electrons. The third-order valence-electron chi connectivity index (χ3n) is 3.50. The Kier molecular flexibility index (Phi) is 5.59. The number of rotatable bonds is 7. The van der Waals surface area contributed by atoms with Crippen LogP contribution >= 0.6 is 11.3 Å². The molecule has 0 bridgehead atoms. The van der Waals surface area contributed by atoms with Crippen molar-refractivity contribution in [2.75, 3.05) is 25.6 Å². The Labute approximate surface area is 153 Å². The fourth-order valence-electron chi connectivity index (χ4n) is 2.28. The van der Waals surface area contributed by atoms with E-state index < -0.39 is 5.91 Å². The average molecular weight is 374 g/mol. The Morgan fingerprint density at radius 2 is 2.15 bits per heavy atom. The van der Waals surface area contributed by atoms with Crippen molar-refractivity contribution in [3.63, 3.8) is 0 Å². The summed E-state index contributed by atoms with van der Waals surface area (Å²) in [6.07, 6.45) is 0. The van der Waals surface area contributed by atoms with Gasteiger partial charge in [0.05, 0.1) is 30.0 Å². The first-order chi connectivity index (χ1) is 12.6. The molecule has 0 saturated carbocycles. The lowest BCUT2D eigenvalue weighted by Crippen LogP contribution is -2.27. The number of nitrogens with one attached hydrogen (secondary N) is 1.